The standard InChI is InChI=1S/C13H12F4N2/c14-12-7-11(2-1-9(12)8-18)19-5-3-10(4-6-19)13(15,16)17/h1-2,7,10H,3-6H2. The molecule has 0 aliphatic carbocycles. The number of halogens is 4. The van der Waals surface area contributed by atoms with E-state index in [1.807, 2.05) is 0 Å². The monoisotopic (exact) mass is 272 g/mol. The fourth-order valence-electron chi connectivity index (χ4n) is 2.26. The van der Waals surface area contributed by atoms with Crippen molar-refractivity contribution in [3.63, 3.8) is 0 Å². The Kier molecular flexibility index (Phi) is 3.65. The minimum Gasteiger partial charge on any atom is -0.371 e. The summed E-state index contributed by atoms with van der Waals surface area (Å²) in [5.41, 5.74) is 0.464. The molecule has 0 aromatic heterocycles. The summed E-state index contributed by atoms with van der Waals surface area (Å²) >= 11 is 0. The van der Waals surface area contributed by atoms with Gasteiger partial charge in [-0.15, -0.1) is 0 Å². The first-order valence-corrected chi connectivity index (χ1v) is 5.93. The number of nitriles is 1. The molecule has 102 valence electrons. The number of alkyl halides is 3. The van der Waals surface area contributed by atoms with Gasteiger partial charge in [0.1, 0.15) is 11.9 Å². The van der Waals surface area contributed by atoms with Crippen LogP contribution in [0.25, 0.3) is 0 Å². The lowest BCUT2D eigenvalue weighted by Gasteiger charge is -2.34. The molecule has 0 N–H and O–H groups in total. The molecule has 2 nitrogen and oxygen atoms in total. The van der Waals surface area contributed by atoms with Crippen molar-refractivity contribution in [2.75, 3.05) is 18.0 Å². The lowest BCUT2D eigenvalue weighted by molar-refractivity contribution is -0.179. The number of nitrogens with zero attached hydrogens (tertiary/aromatic N) is 2. The summed E-state index contributed by atoms with van der Waals surface area (Å²) in [4.78, 5) is 1.71. The Hall–Kier alpha value is -1.77. The molecule has 0 atom stereocenters. The predicted molar refractivity (Wildman–Crippen MR) is 62.1 cm³/mol. The normalized spacial score (nSPS) is 17.3. The van der Waals surface area contributed by atoms with E-state index in [0.717, 1.165) is 0 Å². The Labute approximate surface area is 108 Å². The van der Waals surface area contributed by atoms with E-state index in [2.05, 4.69) is 0 Å². The SMILES string of the molecule is N#Cc1ccc(N2CCC(C(F)(F)F)CC2)cc1F. The van der Waals surface area contributed by atoms with Crippen molar-refractivity contribution in [2.45, 2.75) is 19.0 Å². The molecule has 0 bridgehead atoms. The smallest absolute Gasteiger partial charge is 0.371 e. The Morgan fingerprint density at radius 2 is 1.84 bits per heavy atom. The molecule has 0 radical (unpaired) electrons. The predicted octanol–water partition coefficient (Wildman–Crippen LogP) is 3.48. The van der Waals surface area contributed by atoms with E-state index < -0.39 is 17.9 Å². The maximum Gasteiger partial charge on any atom is 0.391 e. The van der Waals surface area contributed by atoms with Gasteiger partial charge in [-0.25, -0.2) is 4.39 Å². The Morgan fingerprint density at radius 3 is 2.32 bits per heavy atom. The third-order valence-electron chi connectivity index (χ3n) is 3.40. The van der Waals surface area contributed by atoms with Crippen LogP contribution < -0.4 is 4.90 Å². The van der Waals surface area contributed by atoms with Crippen molar-refractivity contribution in [1.82, 2.24) is 0 Å². The maximum absolute atomic E-state index is 13.4. The third kappa shape index (κ3) is 2.98. The molecule has 0 amide bonds. The van der Waals surface area contributed by atoms with E-state index in [9.17, 15) is 17.6 Å². The van der Waals surface area contributed by atoms with Crippen LogP contribution in [0.4, 0.5) is 23.2 Å². The van der Waals surface area contributed by atoms with Crippen molar-refractivity contribution in [3.05, 3.63) is 29.6 Å². The van der Waals surface area contributed by atoms with E-state index in [-0.39, 0.29) is 31.5 Å². The number of hydrogen-bond donors (Lipinski definition) is 0. The lowest BCUT2D eigenvalue weighted by atomic mass is 9.96. The largest absolute Gasteiger partial charge is 0.391 e. The van der Waals surface area contributed by atoms with E-state index in [4.69, 9.17) is 5.26 Å². The molecule has 0 unspecified atom stereocenters. The van der Waals surface area contributed by atoms with Crippen LogP contribution in [0.2, 0.25) is 0 Å². The van der Waals surface area contributed by atoms with Crippen LogP contribution in [0, 0.1) is 23.1 Å². The van der Waals surface area contributed by atoms with Gasteiger partial charge in [0.2, 0.25) is 0 Å². The highest BCUT2D eigenvalue weighted by Crippen LogP contribution is 2.35. The zero-order valence-electron chi connectivity index (χ0n) is 10.0. The maximum atomic E-state index is 13.4. The second-order valence-corrected chi connectivity index (χ2v) is 4.58. The van der Waals surface area contributed by atoms with Crippen LogP contribution in [0.3, 0.4) is 0 Å². The first-order chi connectivity index (χ1) is 8.91. The first-order valence-electron chi connectivity index (χ1n) is 5.93. The van der Waals surface area contributed by atoms with Gasteiger partial charge in [0.25, 0.3) is 0 Å². The summed E-state index contributed by atoms with van der Waals surface area (Å²) in [5, 5.41) is 8.62. The topological polar surface area (TPSA) is 27.0 Å². The summed E-state index contributed by atoms with van der Waals surface area (Å²) in [6.07, 6.45) is -4.11. The molecule has 1 aliphatic rings. The van der Waals surface area contributed by atoms with Gasteiger partial charge in [0.15, 0.2) is 0 Å². The summed E-state index contributed by atoms with van der Waals surface area (Å²) in [6, 6.07) is 5.82. The van der Waals surface area contributed by atoms with Crippen molar-refractivity contribution in [3.8, 4) is 6.07 Å². The first kappa shape index (κ1) is 13.7. The average Bonchev–Trinajstić information content (AvgIpc) is 2.38. The zero-order chi connectivity index (χ0) is 14.0. The summed E-state index contributed by atoms with van der Waals surface area (Å²) in [6.45, 7) is 0.491. The molecule has 1 fully saturated rings. The van der Waals surface area contributed by atoms with Crippen LogP contribution in [0.5, 0.6) is 0 Å². The van der Waals surface area contributed by atoms with Gasteiger partial charge < -0.3 is 4.90 Å². The van der Waals surface area contributed by atoms with Gasteiger partial charge in [-0.2, -0.15) is 18.4 Å². The molecule has 19 heavy (non-hydrogen) atoms. The van der Waals surface area contributed by atoms with E-state index >= 15 is 0 Å². The van der Waals surface area contributed by atoms with Gasteiger partial charge in [-0.05, 0) is 31.0 Å². The van der Waals surface area contributed by atoms with E-state index in [0.29, 0.717) is 5.69 Å². The van der Waals surface area contributed by atoms with Gasteiger partial charge in [0.05, 0.1) is 11.5 Å². The molecule has 0 saturated carbocycles. The molecule has 1 saturated heterocycles. The quantitative estimate of drug-likeness (QED) is 0.732. The molecular weight excluding hydrogens is 260 g/mol. The van der Waals surface area contributed by atoms with Gasteiger partial charge in [0, 0.05) is 18.8 Å². The lowest BCUT2D eigenvalue weighted by Crippen LogP contribution is -2.39. The fourth-order valence-corrected chi connectivity index (χ4v) is 2.26. The molecule has 1 aromatic rings. The van der Waals surface area contributed by atoms with Gasteiger partial charge >= 0.3 is 6.18 Å². The summed E-state index contributed by atoms with van der Waals surface area (Å²) in [5.74, 6) is -1.91. The van der Waals surface area contributed by atoms with Gasteiger partial charge in [-0.3, -0.25) is 0 Å². The van der Waals surface area contributed by atoms with Gasteiger partial charge in [-0.1, -0.05) is 0 Å². The third-order valence-corrected chi connectivity index (χ3v) is 3.40. The Balaban J connectivity index is 2.06. The number of rotatable bonds is 1. The van der Waals surface area contributed by atoms with Crippen LogP contribution >= 0.6 is 0 Å². The van der Waals surface area contributed by atoms with Crippen molar-refractivity contribution in [1.29, 1.82) is 5.26 Å². The molecule has 2 rings (SSSR count). The number of benzene rings is 1. The molecule has 1 aliphatic heterocycles. The minimum atomic E-state index is -4.15. The van der Waals surface area contributed by atoms with Crippen LogP contribution in [0.15, 0.2) is 18.2 Å². The summed E-state index contributed by atoms with van der Waals surface area (Å²) in [7, 11) is 0. The van der Waals surface area contributed by atoms with Crippen LogP contribution in [-0.4, -0.2) is 19.3 Å². The van der Waals surface area contributed by atoms with Crippen molar-refractivity contribution >= 4 is 5.69 Å². The van der Waals surface area contributed by atoms with E-state index in [1.54, 1.807) is 17.0 Å². The summed E-state index contributed by atoms with van der Waals surface area (Å²) < 4.78 is 51.0. The van der Waals surface area contributed by atoms with Crippen molar-refractivity contribution < 1.29 is 17.6 Å². The Morgan fingerprint density at radius 1 is 1.21 bits per heavy atom. The molecule has 6 heteroatoms. The minimum absolute atomic E-state index is 0.0190. The molecule has 0 spiro atoms. The number of piperidine rings is 1. The number of hydrogen-bond acceptors (Lipinski definition) is 2. The second-order valence-electron chi connectivity index (χ2n) is 4.58. The number of anilines is 1. The fraction of sp³-hybridized carbons (Fsp3) is 0.462. The second kappa shape index (κ2) is 5.08. The average molecular weight is 272 g/mol. The van der Waals surface area contributed by atoms with Crippen LogP contribution in [0.1, 0.15) is 18.4 Å². The molecular formula is C13H12F4N2. The highest BCUT2D eigenvalue weighted by atomic mass is 19.4. The molecule has 1 heterocycles. The van der Waals surface area contributed by atoms with Crippen molar-refractivity contribution in [2.24, 2.45) is 5.92 Å². The Bertz CT molecular complexity index is 496. The van der Waals surface area contributed by atoms with E-state index in [1.165, 1.54) is 12.1 Å². The zero-order valence-corrected chi connectivity index (χ0v) is 10.0. The highest BCUT2D eigenvalue weighted by molar-refractivity contribution is 5.50. The van der Waals surface area contributed by atoms with Crippen LogP contribution in [-0.2, 0) is 0 Å². The highest BCUT2D eigenvalue weighted by Gasteiger charge is 2.41. The molecule has 1 aromatic carbocycles.